The Balaban J connectivity index is 2.84. The highest BCUT2D eigenvalue weighted by atomic mass is 19.4. The summed E-state index contributed by atoms with van der Waals surface area (Å²) in [5.74, 6) is 0. The Morgan fingerprint density at radius 3 is 2.67 bits per heavy atom. The molecule has 1 aromatic rings. The summed E-state index contributed by atoms with van der Waals surface area (Å²) in [6, 6.07) is 3.79. The van der Waals surface area contributed by atoms with Gasteiger partial charge in [0.1, 0.15) is 5.69 Å². The molecule has 0 spiro atoms. The van der Waals surface area contributed by atoms with Gasteiger partial charge in [-0.1, -0.05) is 12.1 Å². The molecule has 1 heterocycles. The summed E-state index contributed by atoms with van der Waals surface area (Å²) in [5, 5.41) is 0. The van der Waals surface area contributed by atoms with Crippen LogP contribution in [0.3, 0.4) is 0 Å². The van der Waals surface area contributed by atoms with Crippen LogP contribution in [0.2, 0.25) is 0 Å². The van der Waals surface area contributed by atoms with E-state index in [-0.39, 0.29) is 0 Å². The van der Waals surface area contributed by atoms with Gasteiger partial charge in [0.25, 0.3) is 0 Å². The molecule has 15 heavy (non-hydrogen) atoms. The van der Waals surface area contributed by atoms with Crippen LogP contribution in [-0.4, -0.2) is 11.5 Å². The van der Waals surface area contributed by atoms with E-state index in [4.69, 9.17) is 5.73 Å². The second-order valence-corrected chi connectivity index (χ2v) is 2.93. The maximum Gasteiger partial charge on any atom is 0.433 e. The van der Waals surface area contributed by atoms with Crippen LogP contribution in [0.5, 0.6) is 0 Å². The average Bonchev–Trinajstić information content (AvgIpc) is 2.17. The number of halogens is 3. The van der Waals surface area contributed by atoms with Crippen LogP contribution in [0.4, 0.5) is 13.2 Å². The molecule has 2 nitrogen and oxygen atoms in total. The molecule has 1 aromatic heterocycles. The Hall–Kier alpha value is -1.36. The zero-order valence-corrected chi connectivity index (χ0v) is 7.96. The predicted molar refractivity (Wildman–Crippen MR) is 51.9 cm³/mol. The minimum absolute atomic E-state index is 0.290. The third-order valence-electron chi connectivity index (χ3n) is 1.68. The molecule has 82 valence electrons. The summed E-state index contributed by atoms with van der Waals surface area (Å²) < 4.78 is 36.7. The highest BCUT2D eigenvalue weighted by Crippen LogP contribution is 2.27. The van der Waals surface area contributed by atoms with E-state index in [1.54, 1.807) is 6.08 Å². The first kappa shape index (κ1) is 11.7. The predicted octanol–water partition coefficient (Wildman–Crippen LogP) is 2.46. The zero-order valence-electron chi connectivity index (χ0n) is 7.96. The van der Waals surface area contributed by atoms with Gasteiger partial charge in [0, 0.05) is 0 Å². The summed E-state index contributed by atoms with van der Waals surface area (Å²) in [6.45, 7) is 0.468. The number of nitrogens with zero attached hydrogens (tertiary/aromatic N) is 1. The van der Waals surface area contributed by atoms with E-state index in [2.05, 4.69) is 4.98 Å². The molecule has 2 N–H and O–H groups in total. The maximum atomic E-state index is 12.2. The highest BCUT2D eigenvalue weighted by Gasteiger charge is 2.32. The maximum absolute atomic E-state index is 12.2. The lowest BCUT2D eigenvalue weighted by Gasteiger charge is -2.05. The van der Waals surface area contributed by atoms with Gasteiger partial charge in [-0.05, 0) is 31.2 Å². The van der Waals surface area contributed by atoms with Crippen LogP contribution in [0.1, 0.15) is 17.8 Å². The molecule has 0 aromatic carbocycles. The van der Waals surface area contributed by atoms with Crippen molar-refractivity contribution in [3.05, 3.63) is 35.7 Å². The fourth-order valence-electron chi connectivity index (χ4n) is 1.00. The molecular formula is C10H11F3N2. The molecule has 0 bridgehead atoms. The van der Waals surface area contributed by atoms with E-state index in [0.29, 0.717) is 18.7 Å². The molecule has 0 saturated heterocycles. The lowest BCUT2D eigenvalue weighted by molar-refractivity contribution is -0.141. The van der Waals surface area contributed by atoms with Gasteiger partial charge in [-0.2, -0.15) is 13.2 Å². The van der Waals surface area contributed by atoms with Gasteiger partial charge in [0.2, 0.25) is 0 Å². The molecule has 5 heteroatoms. The molecule has 0 radical (unpaired) electrons. The van der Waals surface area contributed by atoms with Gasteiger partial charge >= 0.3 is 6.18 Å². The summed E-state index contributed by atoms with van der Waals surface area (Å²) in [5.41, 5.74) is 4.65. The van der Waals surface area contributed by atoms with Gasteiger partial charge in [0.15, 0.2) is 0 Å². The van der Waals surface area contributed by atoms with E-state index in [1.807, 2.05) is 0 Å². The van der Waals surface area contributed by atoms with Gasteiger partial charge in [-0.3, -0.25) is 0 Å². The van der Waals surface area contributed by atoms with E-state index in [0.717, 1.165) is 6.07 Å². The topological polar surface area (TPSA) is 38.9 Å². The molecule has 1 rings (SSSR count). The van der Waals surface area contributed by atoms with Crippen molar-refractivity contribution in [2.45, 2.75) is 12.6 Å². The third kappa shape index (κ3) is 3.71. The summed E-state index contributed by atoms with van der Waals surface area (Å²) >= 11 is 0. The molecule has 0 aliphatic carbocycles. The van der Waals surface area contributed by atoms with Gasteiger partial charge in [0.05, 0.1) is 5.69 Å². The number of pyridine rings is 1. The Labute approximate surface area is 85.6 Å². The summed E-state index contributed by atoms with van der Waals surface area (Å²) in [7, 11) is 0. The summed E-state index contributed by atoms with van der Waals surface area (Å²) in [4.78, 5) is 3.46. The number of alkyl halides is 3. The molecule has 0 aliphatic rings. The fourth-order valence-corrected chi connectivity index (χ4v) is 1.00. The Morgan fingerprint density at radius 2 is 2.07 bits per heavy atom. The largest absolute Gasteiger partial charge is 0.433 e. The molecule has 0 aliphatic heterocycles. The quantitative estimate of drug-likeness (QED) is 0.842. The van der Waals surface area contributed by atoms with Crippen molar-refractivity contribution in [2.24, 2.45) is 5.73 Å². The van der Waals surface area contributed by atoms with Gasteiger partial charge < -0.3 is 5.73 Å². The fraction of sp³-hybridized carbons (Fsp3) is 0.300. The van der Waals surface area contributed by atoms with Crippen molar-refractivity contribution in [1.29, 1.82) is 0 Å². The third-order valence-corrected chi connectivity index (χ3v) is 1.68. The number of rotatable bonds is 3. The molecule has 0 unspecified atom stereocenters. The van der Waals surface area contributed by atoms with Gasteiger partial charge in [-0.25, -0.2) is 4.98 Å². The minimum atomic E-state index is -4.39. The van der Waals surface area contributed by atoms with E-state index in [9.17, 15) is 13.2 Å². The van der Waals surface area contributed by atoms with Crippen molar-refractivity contribution in [3.8, 4) is 0 Å². The van der Waals surface area contributed by atoms with Crippen molar-refractivity contribution in [1.82, 2.24) is 4.98 Å². The van der Waals surface area contributed by atoms with Crippen LogP contribution < -0.4 is 5.73 Å². The zero-order chi connectivity index (χ0) is 11.3. The van der Waals surface area contributed by atoms with Crippen molar-refractivity contribution in [3.63, 3.8) is 0 Å². The van der Waals surface area contributed by atoms with Crippen molar-refractivity contribution >= 4 is 6.08 Å². The van der Waals surface area contributed by atoms with Crippen LogP contribution in [0, 0.1) is 0 Å². The lowest BCUT2D eigenvalue weighted by atomic mass is 10.2. The van der Waals surface area contributed by atoms with Crippen LogP contribution >= 0.6 is 0 Å². The SMILES string of the molecule is NCCC=Cc1cccc(C(F)(F)F)n1. The second-order valence-electron chi connectivity index (χ2n) is 2.93. The smallest absolute Gasteiger partial charge is 0.330 e. The number of nitrogens with two attached hydrogens (primary N) is 1. The first-order valence-electron chi connectivity index (χ1n) is 4.45. The van der Waals surface area contributed by atoms with E-state index < -0.39 is 11.9 Å². The monoisotopic (exact) mass is 216 g/mol. The second kappa shape index (κ2) is 4.93. The standard InChI is InChI=1S/C10H11F3N2/c11-10(12,13)9-6-3-5-8(15-9)4-1-2-7-14/h1,3-6H,2,7,14H2. The van der Waals surface area contributed by atoms with Gasteiger partial charge in [-0.15, -0.1) is 0 Å². The van der Waals surface area contributed by atoms with Crippen molar-refractivity contribution in [2.75, 3.05) is 6.54 Å². The lowest BCUT2D eigenvalue weighted by Crippen LogP contribution is -2.08. The van der Waals surface area contributed by atoms with Crippen molar-refractivity contribution < 1.29 is 13.2 Å². The van der Waals surface area contributed by atoms with E-state index >= 15 is 0 Å². The number of aromatic nitrogens is 1. The Bertz CT molecular complexity index is 345. The number of hydrogen-bond acceptors (Lipinski definition) is 2. The minimum Gasteiger partial charge on any atom is -0.330 e. The molecule has 0 saturated carbocycles. The normalized spacial score (nSPS) is 12.3. The van der Waals surface area contributed by atoms with E-state index in [1.165, 1.54) is 18.2 Å². The Morgan fingerprint density at radius 1 is 1.33 bits per heavy atom. The first-order valence-corrected chi connectivity index (χ1v) is 4.45. The average molecular weight is 216 g/mol. The molecule has 0 amide bonds. The Kier molecular flexibility index (Phi) is 3.85. The highest BCUT2D eigenvalue weighted by molar-refractivity contribution is 5.44. The molecular weight excluding hydrogens is 205 g/mol. The first-order chi connectivity index (χ1) is 7.04. The van der Waals surface area contributed by atoms with Crippen LogP contribution in [0.15, 0.2) is 24.3 Å². The number of hydrogen-bond donors (Lipinski definition) is 1. The molecule has 0 fully saturated rings. The molecule has 0 atom stereocenters. The van der Waals surface area contributed by atoms with Crippen LogP contribution in [-0.2, 0) is 6.18 Å². The summed E-state index contributed by atoms with van der Waals surface area (Å²) in [6.07, 6.45) is -0.541. The van der Waals surface area contributed by atoms with Crippen LogP contribution in [0.25, 0.3) is 6.08 Å².